The lowest BCUT2D eigenvalue weighted by Gasteiger charge is -2.18. The zero-order valence-electron chi connectivity index (χ0n) is 10.5. The van der Waals surface area contributed by atoms with E-state index in [0.29, 0.717) is 27.6 Å². The lowest BCUT2D eigenvalue weighted by molar-refractivity contribution is -0.118. The van der Waals surface area contributed by atoms with Crippen molar-refractivity contribution in [2.45, 2.75) is 25.3 Å². The minimum atomic E-state index is -0.0949. The molecule has 0 radical (unpaired) electrons. The average Bonchev–Trinajstić information content (AvgIpc) is 2.96. The Morgan fingerprint density at radius 2 is 2.16 bits per heavy atom. The van der Waals surface area contributed by atoms with Crippen LogP contribution < -0.4 is 10.6 Å². The monoisotopic (exact) mass is 298 g/mol. The highest BCUT2D eigenvalue weighted by Gasteiger charge is 2.42. The van der Waals surface area contributed by atoms with Crippen molar-refractivity contribution in [3.63, 3.8) is 0 Å². The van der Waals surface area contributed by atoms with Gasteiger partial charge < -0.3 is 10.6 Å². The summed E-state index contributed by atoms with van der Waals surface area (Å²) in [5.74, 6) is 1.13. The molecule has 1 aliphatic heterocycles. The SMILES string of the molecule is O=C(Nc1cccc(Cl)c1Cl)C1NCC2CCCC21. The van der Waals surface area contributed by atoms with E-state index in [4.69, 9.17) is 23.2 Å². The van der Waals surface area contributed by atoms with Gasteiger partial charge in [-0.2, -0.15) is 0 Å². The first-order valence-corrected chi connectivity index (χ1v) is 7.40. The quantitative estimate of drug-likeness (QED) is 0.879. The number of halogens is 2. The van der Waals surface area contributed by atoms with Gasteiger partial charge in [0.1, 0.15) is 0 Å². The largest absolute Gasteiger partial charge is 0.323 e. The summed E-state index contributed by atoms with van der Waals surface area (Å²) in [4.78, 5) is 12.3. The van der Waals surface area contributed by atoms with E-state index in [9.17, 15) is 4.79 Å². The third kappa shape index (κ3) is 2.47. The van der Waals surface area contributed by atoms with E-state index >= 15 is 0 Å². The predicted octanol–water partition coefficient (Wildman–Crippen LogP) is 3.32. The average molecular weight is 299 g/mol. The molecular weight excluding hydrogens is 283 g/mol. The van der Waals surface area contributed by atoms with Gasteiger partial charge in [0.05, 0.1) is 21.8 Å². The molecule has 3 nitrogen and oxygen atoms in total. The Balaban J connectivity index is 1.73. The van der Waals surface area contributed by atoms with Crippen LogP contribution in [-0.4, -0.2) is 18.5 Å². The minimum absolute atomic E-state index is 0.00133. The van der Waals surface area contributed by atoms with Crippen molar-refractivity contribution in [3.05, 3.63) is 28.2 Å². The summed E-state index contributed by atoms with van der Waals surface area (Å²) >= 11 is 12.0. The molecule has 102 valence electrons. The number of hydrogen-bond acceptors (Lipinski definition) is 2. The molecule has 0 aromatic heterocycles. The molecule has 3 unspecified atom stereocenters. The topological polar surface area (TPSA) is 41.1 Å². The van der Waals surface area contributed by atoms with E-state index in [1.54, 1.807) is 18.2 Å². The van der Waals surface area contributed by atoms with Crippen LogP contribution in [0.2, 0.25) is 10.0 Å². The summed E-state index contributed by atoms with van der Waals surface area (Å²) in [6.45, 7) is 0.950. The third-order valence-electron chi connectivity index (χ3n) is 4.24. The lowest BCUT2D eigenvalue weighted by atomic mass is 9.93. The van der Waals surface area contributed by atoms with E-state index in [1.165, 1.54) is 12.8 Å². The summed E-state index contributed by atoms with van der Waals surface area (Å²) < 4.78 is 0. The standard InChI is InChI=1S/C14H16Cl2N2O/c15-10-5-2-6-11(12(10)16)18-14(19)13-9-4-1-3-8(9)7-17-13/h2,5-6,8-9,13,17H,1,3-4,7H2,(H,18,19). The van der Waals surface area contributed by atoms with Gasteiger partial charge in [0, 0.05) is 0 Å². The first-order valence-electron chi connectivity index (χ1n) is 6.65. The van der Waals surface area contributed by atoms with E-state index in [0.717, 1.165) is 13.0 Å². The van der Waals surface area contributed by atoms with Crippen molar-refractivity contribution in [2.24, 2.45) is 11.8 Å². The van der Waals surface area contributed by atoms with E-state index in [-0.39, 0.29) is 11.9 Å². The second-order valence-corrected chi connectivity index (χ2v) is 6.12. The van der Waals surface area contributed by atoms with Crippen LogP contribution in [-0.2, 0) is 4.79 Å². The number of fused-ring (bicyclic) bond motifs is 1. The Bertz CT molecular complexity index is 506. The predicted molar refractivity (Wildman–Crippen MR) is 77.7 cm³/mol. The molecule has 3 rings (SSSR count). The fourth-order valence-corrected chi connectivity index (χ4v) is 3.63. The van der Waals surface area contributed by atoms with Gasteiger partial charge in [0.25, 0.3) is 0 Å². The number of carbonyl (C=O) groups excluding carboxylic acids is 1. The molecule has 1 saturated carbocycles. The summed E-state index contributed by atoms with van der Waals surface area (Å²) in [5, 5.41) is 7.07. The molecule has 1 amide bonds. The van der Waals surface area contributed by atoms with Crippen LogP contribution in [0.4, 0.5) is 5.69 Å². The molecule has 2 aliphatic rings. The van der Waals surface area contributed by atoms with Crippen LogP contribution in [0.3, 0.4) is 0 Å². The number of nitrogens with one attached hydrogen (secondary N) is 2. The minimum Gasteiger partial charge on any atom is -0.323 e. The number of benzene rings is 1. The Labute approximate surface area is 122 Å². The van der Waals surface area contributed by atoms with Crippen LogP contribution in [0.1, 0.15) is 19.3 Å². The highest BCUT2D eigenvalue weighted by molar-refractivity contribution is 6.44. The van der Waals surface area contributed by atoms with E-state index in [1.807, 2.05) is 0 Å². The molecule has 2 N–H and O–H groups in total. The molecule has 5 heteroatoms. The van der Waals surface area contributed by atoms with Crippen molar-refractivity contribution in [3.8, 4) is 0 Å². The fourth-order valence-electron chi connectivity index (χ4n) is 3.29. The maximum Gasteiger partial charge on any atom is 0.241 e. The first kappa shape index (κ1) is 13.2. The van der Waals surface area contributed by atoms with E-state index < -0.39 is 0 Å². The van der Waals surface area contributed by atoms with Gasteiger partial charge in [-0.3, -0.25) is 4.79 Å². The number of anilines is 1. The molecular formula is C14H16Cl2N2O. The molecule has 1 heterocycles. The second kappa shape index (κ2) is 5.31. The first-order chi connectivity index (χ1) is 9.16. The molecule has 0 spiro atoms. The highest BCUT2D eigenvalue weighted by Crippen LogP contribution is 2.38. The molecule has 0 bridgehead atoms. The molecule has 19 heavy (non-hydrogen) atoms. The number of rotatable bonds is 2. The van der Waals surface area contributed by atoms with Crippen molar-refractivity contribution < 1.29 is 4.79 Å². The van der Waals surface area contributed by atoms with Crippen molar-refractivity contribution in [1.82, 2.24) is 5.32 Å². The number of carbonyl (C=O) groups is 1. The molecule has 3 atom stereocenters. The molecule has 1 aromatic carbocycles. The van der Waals surface area contributed by atoms with Crippen LogP contribution in [0.15, 0.2) is 18.2 Å². The van der Waals surface area contributed by atoms with Gasteiger partial charge in [-0.25, -0.2) is 0 Å². The zero-order valence-corrected chi connectivity index (χ0v) is 12.0. The zero-order chi connectivity index (χ0) is 13.4. The maximum atomic E-state index is 12.3. The van der Waals surface area contributed by atoms with Gasteiger partial charge in [-0.05, 0) is 43.4 Å². The van der Waals surface area contributed by atoms with Crippen molar-refractivity contribution >= 4 is 34.8 Å². The normalized spacial score (nSPS) is 29.3. The van der Waals surface area contributed by atoms with E-state index in [2.05, 4.69) is 10.6 Å². The Morgan fingerprint density at radius 3 is 3.00 bits per heavy atom. The van der Waals surface area contributed by atoms with Crippen LogP contribution in [0.5, 0.6) is 0 Å². The van der Waals surface area contributed by atoms with Crippen molar-refractivity contribution in [1.29, 1.82) is 0 Å². The van der Waals surface area contributed by atoms with Gasteiger partial charge >= 0.3 is 0 Å². The third-order valence-corrected chi connectivity index (χ3v) is 5.06. The summed E-state index contributed by atoms with van der Waals surface area (Å²) in [7, 11) is 0. The summed E-state index contributed by atoms with van der Waals surface area (Å²) in [5.41, 5.74) is 0.586. The van der Waals surface area contributed by atoms with Gasteiger partial charge in [0.2, 0.25) is 5.91 Å². The molecule has 2 fully saturated rings. The molecule has 1 aliphatic carbocycles. The summed E-state index contributed by atoms with van der Waals surface area (Å²) in [6.07, 6.45) is 3.61. The van der Waals surface area contributed by atoms with Crippen LogP contribution >= 0.6 is 23.2 Å². The van der Waals surface area contributed by atoms with Gasteiger partial charge in [-0.15, -0.1) is 0 Å². The fraction of sp³-hybridized carbons (Fsp3) is 0.500. The van der Waals surface area contributed by atoms with Crippen LogP contribution in [0.25, 0.3) is 0 Å². The Hall–Kier alpha value is -0.770. The smallest absolute Gasteiger partial charge is 0.241 e. The Kier molecular flexibility index (Phi) is 3.70. The lowest BCUT2D eigenvalue weighted by Crippen LogP contribution is -2.39. The number of amides is 1. The molecule has 1 saturated heterocycles. The highest BCUT2D eigenvalue weighted by atomic mass is 35.5. The van der Waals surface area contributed by atoms with Gasteiger partial charge in [0.15, 0.2) is 0 Å². The Morgan fingerprint density at radius 1 is 1.32 bits per heavy atom. The maximum absolute atomic E-state index is 12.3. The molecule has 1 aromatic rings. The van der Waals surface area contributed by atoms with Crippen molar-refractivity contribution in [2.75, 3.05) is 11.9 Å². The van der Waals surface area contributed by atoms with Crippen LogP contribution in [0, 0.1) is 11.8 Å². The summed E-state index contributed by atoms with van der Waals surface area (Å²) in [6, 6.07) is 5.17. The second-order valence-electron chi connectivity index (χ2n) is 5.33. The van der Waals surface area contributed by atoms with Gasteiger partial charge in [-0.1, -0.05) is 35.7 Å². The number of hydrogen-bond donors (Lipinski definition) is 2.